The molecule has 1 rings (SSSR count). The number of carboxylic acid groups (broad SMARTS) is 1. The van der Waals surface area contributed by atoms with Crippen molar-refractivity contribution in [3.8, 4) is 0 Å². The molecule has 0 saturated heterocycles. The van der Waals surface area contributed by atoms with Gasteiger partial charge in [-0.25, -0.2) is 0 Å². The van der Waals surface area contributed by atoms with Crippen LogP contribution in [0.4, 0.5) is 0 Å². The Kier molecular flexibility index (Phi) is 3.71. The predicted octanol–water partition coefficient (Wildman–Crippen LogP) is 0.862. The zero-order chi connectivity index (χ0) is 11.6. The van der Waals surface area contributed by atoms with Gasteiger partial charge in [0.05, 0.1) is 4.86 Å². The van der Waals surface area contributed by atoms with Crippen LogP contribution in [0.25, 0.3) is 0 Å². The van der Waals surface area contributed by atoms with Crippen LogP contribution in [0.1, 0.15) is 6.92 Å². The summed E-state index contributed by atoms with van der Waals surface area (Å²) in [6, 6.07) is 0. The van der Waals surface area contributed by atoms with Gasteiger partial charge in [-0.15, -0.1) is 11.6 Å². The molecule has 0 aliphatic heterocycles. The van der Waals surface area contributed by atoms with E-state index in [0.717, 1.165) is 5.57 Å². The van der Waals surface area contributed by atoms with E-state index in [-0.39, 0.29) is 4.86 Å². The highest BCUT2D eigenvalue weighted by Crippen LogP contribution is 2.21. The molecule has 4 nitrogen and oxygen atoms in total. The van der Waals surface area contributed by atoms with E-state index in [4.69, 9.17) is 16.7 Å². The number of carboxylic acids is 1. The van der Waals surface area contributed by atoms with Crippen molar-refractivity contribution in [2.24, 2.45) is 5.92 Å². The zero-order valence-corrected chi connectivity index (χ0v) is 9.42. The van der Waals surface area contributed by atoms with Gasteiger partial charge in [0.25, 0.3) is 0 Å². The van der Waals surface area contributed by atoms with Gasteiger partial charge in [0.15, 0.2) is 0 Å². The summed E-state index contributed by atoms with van der Waals surface area (Å²) in [4.78, 5) is 10.7. The molecule has 1 aliphatic carbocycles. The molecular formula is C9H9ClO4S. The van der Waals surface area contributed by atoms with Gasteiger partial charge in [0.1, 0.15) is 5.38 Å². The van der Waals surface area contributed by atoms with Crippen LogP contribution in [0, 0.1) is 5.92 Å². The largest absolute Gasteiger partial charge is 0.480 e. The van der Waals surface area contributed by atoms with Crippen molar-refractivity contribution in [1.82, 2.24) is 0 Å². The molecule has 2 atom stereocenters. The van der Waals surface area contributed by atoms with Crippen molar-refractivity contribution in [1.29, 1.82) is 0 Å². The fourth-order valence-corrected chi connectivity index (χ4v) is 2.29. The lowest BCUT2D eigenvalue weighted by Gasteiger charge is -2.17. The van der Waals surface area contributed by atoms with Crippen molar-refractivity contribution in [3.63, 3.8) is 0 Å². The lowest BCUT2D eigenvalue weighted by atomic mass is 9.94. The zero-order valence-electron chi connectivity index (χ0n) is 7.84. The molecule has 1 aliphatic rings. The molecule has 6 heteroatoms. The van der Waals surface area contributed by atoms with Crippen LogP contribution in [0.2, 0.25) is 0 Å². The number of halogens is 1. The third-order valence-corrected chi connectivity index (χ3v) is 3.24. The summed E-state index contributed by atoms with van der Waals surface area (Å²) in [6.07, 6.45) is 4.57. The number of aliphatic carboxylic acids is 1. The lowest BCUT2D eigenvalue weighted by Crippen LogP contribution is -2.30. The van der Waals surface area contributed by atoms with Gasteiger partial charge in [-0.1, -0.05) is 17.7 Å². The predicted molar refractivity (Wildman–Crippen MR) is 57.6 cm³/mol. The second-order valence-electron chi connectivity index (χ2n) is 3.15. The second-order valence-corrected chi connectivity index (χ2v) is 4.56. The molecule has 0 aromatic carbocycles. The van der Waals surface area contributed by atoms with Gasteiger partial charge in [0.2, 0.25) is 10.3 Å². The van der Waals surface area contributed by atoms with Crippen LogP contribution in [0.5, 0.6) is 0 Å². The Hall–Kier alpha value is -1.07. The molecule has 1 N–H and O–H groups in total. The SMILES string of the molecule is CC1=CC(=S(=O)=O)C(C(Cl)C(=O)O)C=C1. The van der Waals surface area contributed by atoms with Crippen LogP contribution in [0.3, 0.4) is 0 Å². The third-order valence-electron chi connectivity index (χ3n) is 2.01. The summed E-state index contributed by atoms with van der Waals surface area (Å²) in [6.45, 7) is 1.73. The number of alkyl halides is 1. The van der Waals surface area contributed by atoms with E-state index in [0.29, 0.717) is 0 Å². The van der Waals surface area contributed by atoms with Gasteiger partial charge in [-0.3, -0.25) is 4.79 Å². The molecule has 2 unspecified atom stereocenters. The normalized spacial score (nSPS) is 22.1. The van der Waals surface area contributed by atoms with Crippen molar-refractivity contribution >= 4 is 32.7 Å². The molecule has 0 bridgehead atoms. The highest BCUT2D eigenvalue weighted by molar-refractivity contribution is 7.73. The van der Waals surface area contributed by atoms with Crippen LogP contribution in [-0.2, 0) is 15.1 Å². The van der Waals surface area contributed by atoms with Crippen molar-refractivity contribution in [3.05, 3.63) is 23.8 Å². The summed E-state index contributed by atoms with van der Waals surface area (Å²) >= 11 is 5.61. The number of allylic oxidation sites excluding steroid dienone is 4. The Bertz CT molecular complexity index is 464. The highest BCUT2D eigenvalue weighted by atomic mass is 35.5. The molecular weight excluding hydrogens is 240 g/mol. The monoisotopic (exact) mass is 248 g/mol. The number of carbonyl (C=O) groups is 1. The molecule has 0 spiro atoms. The second kappa shape index (κ2) is 4.63. The fraction of sp³-hybridized carbons (Fsp3) is 0.333. The molecule has 0 aromatic heterocycles. The summed E-state index contributed by atoms with van der Waals surface area (Å²) in [7, 11) is -2.45. The first-order valence-corrected chi connectivity index (χ1v) is 5.64. The maximum atomic E-state index is 10.9. The minimum absolute atomic E-state index is 0.0115. The van der Waals surface area contributed by atoms with Gasteiger partial charge in [-0.05, 0) is 13.0 Å². The van der Waals surface area contributed by atoms with Crippen LogP contribution < -0.4 is 0 Å². The van der Waals surface area contributed by atoms with E-state index in [2.05, 4.69) is 0 Å². The quantitative estimate of drug-likeness (QED) is 0.581. The first-order valence-electron chi connectivity index (χ1n) is 4.13. The first-order chi connectivity index (χ1) is 6.93. The third kappa shape index (κ3) is 2.70. The number of hydrogen-bond donors (Lipinski definition) is 1. The molecule has 82 valence electrons. The summed E-state index contributed by atoms with van der Waals surface area (Å²) in [5.74, 6) is -2.03. The summed E-state index contributed by atoms with van der Waals surface area (Å²) in [5, 5.41) is 7.43. The lowest BCUT2D eigenvalue weighted by molar-refractivity contribution is -0.136. The number of rotatable bonds is 2. The van der Waals surface area contributed by atoms with Crippen molar-refractivity contribution in [2.75, 3.05) is 0 Å². The maximum absolute atomic E-state index is 10.9. The van der Waals surface area contributed by atoms with E-state index in [1.807, 2.05) is 0 Å². The molecule has 0 heterocycles. The van der Waals surface area contributed by atoms with Crippen LogP contribution >= 0.6 is 11.6 Å². The van der Waals surface area contributed by atoms with E-state index >= 15 is 0 Å². The Balaban J connectivity index is 3.18. The Labute approximate surface area is 93.4 Å². The average Bonchev–Trinajstić information content (AvgIpc) is 2.16. The van der Waals surface area contributed by atoms with Gasteiger partial charge in [-0.2, -0.15) is 8.42 Å². The van der Waals surface area contributed by atoms with E-state index in [1.54, 1.807) is 13.0 Å². The van der Waals surface area contributed by atoms with Gasteiger partial charge < -0.3 is 5.11 Å². The molecule has 0 radical (unpaired) electrons. The van der Waals surface area contributed by atoms with E-state index in [9.17, 15) is 13.2 Å². The summed E-state index contributed by atoms with van der Waals surface area (Å²) < 4.78 is 21.7. The van der Waals surface area contributed by atoms with Crippen molar-refractivity contribution in [2.45, 2.75) is 12.3 Å². The molecule has 0 fully saturated rings. The topological polar surface area (TPSA) is 71.4 Å². The molecule has 0 saturated carbocycles. The minimum Gasteiger partial charge on any atom is -0.480 e. The first kappa shape index (κ1) is 12.0. The minimum atomic E-state index is -2.45. The molecule has 0 aromatic rings. The van der Waals surface area contributed by atoms with Crippen LogP contribution in [0.15, 0.2) is 23.8 Å². The van der Waals surface area contributed by atoms with Crippen LogP contribution in [-0.4, -0.2) is 29.7 Å². The van der Waals surface area contributed by atoms with Gasteiger partial charge >= 0.3 is 5.97 Å². The van der Waals surface area contributed by atoms with E-state index in [1.165, 1.54) is 12.2 Å². The number of hydrogen-bond acceptors (Lipinski definition) is 3. The summed E-state index contributed by atoms with van der Waals surface area (Å²) in [5.41, 5.74) is 0.750. The fourth-order valence-electron chi connectivity index (χ4n) is 1.27. The Morgan fingerprint density at radius 2 is 2.20 bits per heavy atom. The Morgan fingerprint density at radius 1 is 1.60 bits per heavy atom. The molecule has 15 heavy (non-hydrogen) atoms. The van der Waals surface area contributed by atoms with Gasteiger partial charge in [0, 0.05) is 5.92 Å². The highest BCUT2D eigenvalue weighted by Gasteiger charge is 2.29. The molecule has 0 amide bonds. The smallest absolute Gasteiger partial charge is 0.322 e. The standard InChI is InChI=1S/C9H9ClO4S/c1-5-2-3-6(8(10)9(11)12)7(4-5)15(13)14/h2-4,6,8H,1H3,(H,11,12). The average molecular weight is 249 g/mol. The maximum Gasteiger partial charge on any atom is 0.322 e. The Morgan fingerprint density at radius 3 is 2.67 bits per heavy atom. The van der Waals surface area contributed by atoms with Crippen molar-refractivity contribution < 1.29 is 18.3 Å². The van der Waals surface area contributed by atoms with E-state index < -0.39 is 27.6 Å².